The third-order valence-corrected chi connectivity index (χ3v) is 5.71. The molecule has 0 bridgehead atoms. The molecule has 1 aliphatic carbocycles. The number of aliphatic imine (C=N–C) groups is 1. The lowest BCUT2D eigenvalue weighted by molar-refractivity contribution is 0.174. The van der Waals surface area contributed by atoms with E-state index in [0.717, 1.165) is 35.0 Å². The second-order valence-electron chi connectivity index (χ2n) is 7.72. The van der Waals surface area contributed by atoms with Gasteiger partial charge in [-0.1, -0.05) is 18.2 Å². The van der Waals surface area contributed by atoms with Crippen LogP contribution in [0.25, 0.3) is 0 Å². The van der Waals surface area contributed by atoms with Crippen LogP contribution in [-0.2, 0) is 0 Å². The highest BCUT2D eigenvalue weighted by molar-refractivity contribution is 5.81. The number of likely N-dealkylation sites (N-methyl/N-ethyl adjacent to an activating group) is 1. The van der Waals surface area contributed by atoms with E-state index in [1.807, 2.05) is 30.5 Å². The Morgan fingerprint density at radius 1 is 1.00 bits per heavy atom. The van der Waals surface area contributed by atoms with Crippen LogP contribution >= 0.6 is 0 Å². The van der Waals surface area contributed by atoms with E-state index in [9.17, 15) is 0 Å². The van der Waals surface area contributed by atoms with Gasteiger partial charge in [-0.15, -0.1) is 0 Å². The number of nitrogens with zero attached hydrogens (tertiary/aromatic N) is 2. The minimum Gasteiger partial charge on any atom is -0.493 e. The molecule has 6 heteroatoms. The number of hydrogen-bond acceptors (Lipinski definition) is 6. The Morgan fingerprint density at radius 2 is 1.80 bits per heavy atom. The molecule has 0 amide bonds. The van der Waals surface area contributed by atoms with Crippen LogP contribution in [0.4, 0.5) is 0 Å². The fourth-order valence-electron chi connectivity index (χ4n) is 4.11. The highest BCUT2D eigenvalue weighted by Gasteiger charge is 2.32. The van der Waals surface area contributed by atoms with E-state index in [4.69, 9.17) is 23.9 Å². The van der Waals surface area contributed by atoms with E-state index >= 15 is 0 Å². The molecule has 3 atom stereocenters. The first kappa shape index (κ1) is 20.3. The molecule has 30 heavy (non-hydrogen) atoms. The molecule has 4 rings (SSSR count). The Balaban J connectivity index is 1.66. The summed E-state index contributed by atoms with van der Waals surface area (Å²) in [6.45, 7) is 0.271. The molecular formula is C24H28N2O4. The van der Waals surface area contributed by atoms with Crippen molar-refractivity contribution in [3.05, 3.63) is 59.7 Å². The molecule has 6 nitrogen and oxygen atoms in total. The molecule has 0 saturated heterocycles. The summed E-state index contributed by atoms with van der Waals surface area (Å²) in [7, 11) is 7.51. The van der Waals surface area contributed by atoms with Crippen molar-refractivity contribution in [2.75, 3.05) is 35.1 Å². The zero-order valence-corrected chi connectivity index (χ0v) is 17.9. The largest absolute Gasteiger partial charge is 0.493 e. The zero-order chi connectivity index (χ0) is 21.1. The number of methoxy groups -OCH3 is 2. The minimum absolute atomic E-state index is 0.0634. The zero-order valence-electron chi connectivity index (χ0n) is 17.9. The molecule has 0 aromatic heterocycles. The van der Waals surface area contributed by atoms with Crippen molar-refractivity contribution in [1.82, 2.24) is 4.90 Å². The number of ether oxygens (including phenoxy) is 4. The highest BCUT2D eigenvalue weighted by atomic mass is 16.7. The number of fused-ring (bicyclic) bond motifs is 1. The first-order valence-electron chi connectivity index (χ1n) is 10.1. The van der Waals surface area contributed by atoms with Crippen molar-refractivity contribution >= 4 is 6.21 Å². The maximum Gasteiger partial charge on any atom is 0.231 e. The molecule has 0 N–H and O–H groups in total. The molecule has 2 aliphatic rings. The maximum absolute atomic E-state index is 5.53. The quantitative estimate of drug-likeness (QED) is 0.536. The topological polar surface area (TPSA) is 52.5 Å². The van der Waals surface area contributed by atoms with Crippen LogP contribution < -0.4 is 18.9 Å². The molecule has 1 aliphatic heterocycles. The molecule has 2 aromatic rings. The van der Waals surface area contributed by atoms with Gasteiger partial charge in [0.2, 0.25) is 6.79 Å². The summed E-state index contributed by atoms with van der Waals surface area (Å²) in [5.41, 5.74) is 2.19. The van der Waals surface area contributed by atoms with Crippen molar-refractivity contribution in [3.63, 3.8) is 0 Å². The van der Waals surface area contributed by atoms with E-state index in [0.29, 0.717) is 0 Å². The Hall–Kier alpha value is -2.99. The monoisotopic (exact) mass is 408 g/mol. The van der Waals surface area contributed by atoms with Crippen LogP contribution in [-0.4, -0.2) is 58.3 Å². The SMILES string of the molecule is COc1ccc([C@@H]2CC=C[C@H](N(C)C)C2N=Cc2ccc3c(c2)OCO3)cc1OC. The molecule has 0 spiro atoms. The highest BCUT2D eigenvalue weighted by Crippen LogP contribution is 2.38. The van der Waals surface area contributed by atoms with Gasteiger partial charge >= 0.3 is 0 Å². The molecule has 1 unspecified atom stereocenters. The second kappa shape index (κ2) is 8.79. The average Bonchev–Trinajstić information content (AvgIpc) is 3.24. The summed E-state index contributed by atoms with van der Waals surface area (Å²) in [5.74, 6) is 3.25. The lowest BCUT2D eigenvalue weighted by Crippen LogP contribution is -2.42. The summed E-state index contributed by atoms with van der Waals surface area (Å²) < 4.78 is 21.8. The number of allylic oxidation sites excluding steroid dienone is 1. The standard InChI is InChI=1S/C24H28N2O4/c1-26(2)19-7-5-6-18(17-9-11-20(27-3)22(13-17)28-4)24(19)25-14-16-8-10-21-23(12-16)30-15-29-21/h5,7-14,18-19,24H,6,15H2,1-4H3/t18-,19-,24?/m0/s1. The smallest absolute Gasteiger partial charge is 0.231 e. The van der Waals surface area contributed by atoms with Crippen LogP contribution in [0.1, 0.15) is 23.5 Å². The fourth-order valence-corrected chi connectivity index (χ4v) is 4.11. The van der Waals surface area contributed by atoms with Crippen LogP contribution in [0.5, 0.6) is 23.0 Å². The van der Waals surface area contributed by atoms with Crippen LogP contribution in [0.15, 0.2) is 53.5 Å². The van der Waals surface area contributed by atoms with Gasteiger partial charge in [-0.25, -0.2) is 0 Å². The predicted molar refractivity (Wildman–Crippen MR) is 117 cm³/mol. The molecule has 0 saturated carbocycles. The van der Waals surface area contributed by atoms with E-state index in [1.54, 1.807) is 14.2 Å². The van der Waals surface area contributed by atoms with Crippen molar-refractivity contribution < 1.29 is 18.9 Å². The van der Waals surface area contributed by atoms with Crippen LogP contribution in [0.2, 0.25) is 0 Å². The van der Waals surface area contributed by atoms with Crippen LogP contribution in [0, 0.1) is 0 Å². The summed E-state index contributed by atoms with van der Waals surface area (Å²) in [6.07, 6.45) is 7.36. The van der Waals surface area contributed by atoms with Gasteiger partial charge in [-0.2, -0.15) is 0 Å². The van der Waals surface area contributed by atoms with Gasteiger partial charge in [0.25, 0.3) is 0 Å². The number of benzene rings is 2. The van der Waals surface area contributed by atoms with Gasteiger partial charge in [0.15, 0.2) is 23.0 Å². The normalized spacial score (nSPS) is 22.6. The van der Waals surface area contributed by atoms with Gasteiger partial charge in [-0.3, -0.25) is 4.99 Å². The Kier molecular flexibility index (Phi) is 5.95. The lowest BCUT2D eigenvalue weighted by atomic mass is 9.80. The Bertz CT molecular complexity index is 954. The van der Waals surface area contributed by atoms with Gasteiger partial charge in [-0.05, 0) is 62.0 Å². The van der Waals surface area contributed by atoms with E-state index in [1.165, 1.54) is 5.56 Å². The molecule has 0 fully saturated rings. The van der Waals surface area contributed by atoms with Crippen molar-refractivity contribution in [2.45, 2.75) is 24.4 Å². The van der Waals surface area contributed by atoms with Crippen molar-refractivity contribution in [2.24, 2.45) is 4.99 Å². The summed E-state index contributed by atoms with van der Waals surface area (Å²) >= 11 is 0. The molecule has 0 radical (unpaired) electrons. The van der Waals surface area contributed by atoms with Crippen molar-refractivity contribution in [3.8, 4) is 23.0 Å². The van der Waals surface area contributed by atoms with Gasteiger partial charge in [0, 0.05) is 12.1 Å². The maximum atomic E-state index is 5.53. The summed E-state index contributed by atoms with van der Waals surface area (Å²) in [4.78, 5) is 7.26. The Morgan fingerprint density at radius 3 is 2.57 bits per heavy atom. The average molecular weight is 408 g/mol. The van der Waals surface area contributed by atoms with Gasteiger partial charge in [0.05, 0.1) is 26.3 Å². The van der Waals surface area contributed by atoms with E-state index in [2.05, 4.69) is 43.3 Å². The summed E-state index contributed by atoms with van der Waals surface area (Å²) in [6, 6.07) is 12.3. The van der Waals surface area contributed by atoms with Gasteiger partial charge in [0.1, 0.15) is 0 Å². The predicted octanol–water partition coefficient (Wildman–Crippen LogP) is 3.89. The Labute approximate surface area is 177 Å². The molecular weight excluding hydrogens is 380 g/mol. The molecule has 158 valence electrons. The third kappa shape index (κ3) is 4.00. The third-order valence-electron chi connectivity index (χ3n) is 5.71. The molecule has 2 aromatic carbocycles. The number of rotatable bonds is 6. The number of hydrogen-bond donors (Lipinski definition) is 0. The first-order valence-corrected chi connectivity index (χ1v) is 10.1. The molecule has 1 heterocycles. The second-order valence-corrected chi connectivity index (χ2v) is 7.72. The summed E-state index contributed by atoms with van der Waals surface area (Å²) in [5, 5.41) is 0. The first-order chi connectivity index (χ1) is 14.6. The van der Waals surface area contributed by atoms with E-state index in [-0.39, 0.29) is 24.8 Å². The van der Waals surface area contributed by atoms with Crippen LogP contribution in [0.3, 0.4) is 0 Å². The van der Waals surface area contributed by atoms with E-state index < -0.39 is 0 Å². The fraction of sp³-hybridized carbons (Fsp3) is 0.375. The van der Waals surface area contributed by atoms with Gasteiger partial charge < -0.3 is 23.8 Å². The minimum atomic E-state index is 0.0634. The van der Waals surface area contributed by atoms with Crippen molar-refractivity contribution in [1.29, 1.82) is 0 Å². The lowest BCUT2D eigenvalue weighted by Gasteiger charge is -2.36.